The molecule has 0 aliphatic carbocycles. The second kappa shape index (κ2) is 12.5. The van der Waals surface area contributed by atoms with Crippen LogP contribution in [-0.4, -0.2) is 62.2 Å². The predicted molar refractivity (Wildman–Crippen MR) is 120 cm³/mol. The van der Waals surface area contributed by atoms with E-state index in [2.05, 4.69) is 0 Å². The van der Waals surface area contributed by atoms with Gasteiger partial charge in [-0.1, -0.05) is 6.92 Å². The van der Waals surface area contributed by atoms with E-state index in [0.717, 1.165) is 19.6 Å². The smallest absolute Gasteiger partial charge is 0.359 e. The zero-order valence-electron chi connectivity index (χ0n) is 19.6. The number of quaternary nitrogens is 1. The molecule has 0 spiro atoms. The van der Waals surface area contributed by atoms with Crippen LogP contribution in [0.1, 0.15) is 46.1 Å². The van der Waals surface area contributed by atoms with Gasteiger partial charge in [0.2, 0.25) is 5.91 Å². The number of nitrogens with zero attached hydrogens (tertiary/aromatic N) is 4. The van der Waals surface area contributed by atoms with Crippen LogP contribution in [0, 0.1) is 25.4 Å². The number of allylic oxidation sites excluding steroid dienone is 1. The summed E-state index contributed by atoms with van der Waals surface area (Å²) in [6, 6.07) is 5.65. The molecule has 1 unspecified atom stereocenters. The van der Waals surface area contributed by atoms with Gasteiger partial charge in [-0.15, -0.1) is 0 Å². The molecule has 1 fully saturated rings. The van der Waals surface area contributed by atoms with Gasteiger partial charge in [-0.25, -0.2) is 4.79 Å². The van der Waals surface area contributed by atoms with Gasteiger partial charge >= 0.3 is 5.97 Å². The minimum Gasteiger partial charge on any atom is -0.510 e. The third-order valence-corrected chi connectivity index (χ3v) is 6.01. The number of benzene rings is 1. The maximum Gasteiger partial charge on any atom is 0.359 e. The molecule has 188 valence electrons. The van der Waals surface area contributed by atoms with Gasteiger partial charge in [0, 0.05) is 18.6 Å². The van der Waals surface area contributed by atoms with Gasteiger partial charge in [-0.05, 0) is 38.5 Å². The van der Waals surface area contributed by atoms with Crippen molar-refractivity contribution in [1.82, 2.24) is 4.90 Å². The zero-order valence-corrected chi connectivity index (χ0v) is 19.6. The summed E-state index contributed by atoms with van der Waals surface area (Å²) < 4.78 is 5.98. The Balaban J connectivity index is 0.00000133. The van der Waals surface area contributed by atoms with Crippen LogP contribution in [0.3, 0.4) is 0 Å². The predicted octanol–water partition coefficient (Wildman–Crippen LogP) is 3.01. The highest BCUT2D eigenvalue weighted by molar-refractivity contribution is 5.97. The summed E-state index contributed by atoms with van der Waals surface area (Å²) in [5, 5.41) is 35.9. The van der Waals surface area contributed by atoms with Crippen LogP contribution in [-0.2, 0) is 20.9 Å². The largest absolute Gasteiger partial charge is 0.510 e. The lowest BCUT2D eigenvalue weighted by Crippen LogP contribution is -2.70. The van der Waals surface area contributed by atoms with Crippen LogP contribution in [0.5, 0.6) is 0 Å². The average Bonchev–Trinajstić information content (AvgIpc) is 2.81. The molecule has 1 N–H and O–H groups in total. The first-order valence-electron chi connectivity index (χ1n) is 10.8. The molecule has 0 radical (unpaired) electrons. The van der Waals surface area contributed by atoms with Crippen molar-refractivity contribution in [3.8, 4) is 0 Å². The molecule has 1 heterocycles. The Labute approximate surface area is 196 Å². The Hall–Kier alpha value is -3.74. The molecule has 1 saturated heterocycles. The van der Waals surface area contributed by atoms with Crippen molar-refractivity contribution in [3.05, 3.63) is 66.7 Å². The number of nitro benzene ring substituents is 1. The number of aliphatic hydroxyl groups is 1. The Morgan fingerprint density at radius 2 is 1.59 bits per heavy atom. The van der Waals surface area contributed by atoms with Crippen LogP contribution < -0.4 is 0 Å². The van der Waals surface area contributed by atoms with E-state index in [4.69, 9.17) is 20.1 Å². The first-order chi connectivity index (χ1) is 16.0. The first kappa shape index (κ1) is 28.3. The van der Waals surface area contributed by atoms with Crippen molar-refractivity contribution in [2.75, 3.05) is 19.6 Å². The van der Waals surface area contributed by atoms with E-state index in [0.29, 0.717) is 16.5 Å². The van der Waals surface area contributed by atoms with Crippen LogP contribution in [0.4, 0.5) is 5.69 Å². The number of ether oxygens (including phenoxy) is 1. The molecule has 13 nitrogen and oxygen atoms in total. The fraction of sp³-hybridized carbons (Fsp3) is 0.524. The third kappa shape index (κ3) is 6.63. The lowest BCUT2D eigenvalue weighted by atomic mass is 10.0. The molecule has 1 amide bonds. The van der Waals surface area contributed by atoms with Gasteiger partial charge in [0.25, 0.3) is 5.69 Å². The molecule has 2 rings (SSSR count). The van der Waals surface area contributed by atoms with E-state index in [1.807, 2.05) is 20.8 Å². The van der Waals surface area contributed by atoms with Crippen molar-refractivity contribution < 1.29 is 33.9 Å². The number of aliphatic hydroxyl groups excluding tert-OH is 1. The lowest BCUT2D eigenvalue weighted by molar-refractivity contribution is -0.958. The summed E-state index contributed by atoms with van der Waals surface area (Å²) in [6.07, 6.45) is 0.266. The van der Waals surface area contributed by atoms with E-state index >= 15 is 0 Å². The Morgan fingerprint density at radius 1 is 1.09 bits per heavy atom. The number of carbonyl (C=O) groups is 2. The molecule has 1 aliphatic heterocycles. The molecule has 34 heavy (non-hydrogen) atoms. The molecule has 1 aliphatic rings. The number of hydrogen-bond donors (Lipinski definition) is 1. The number of non-ortho nitro benzene ring substituents is 1. The zero-order chi connectivity index (χ0) is 26.1. The topological polar surface area (TPSA) is 176 Å². The molecule has 0 bridgehead atoms. The Bertz CT molecular complexity index is 914. The summed E-state index contributed by atoms with van der Waals surface area (Å²) in [6.45, 7) is 10.1. The minimum absolute atomic E-state index is 0.0592. The number of carbonyl (C=O) groups excluding carboxylic acids is 2. The standard InChI is InChI=1S/C21H29N3O6.NO3/c1-5-17(25)20(22-18(13-19(22)26)24(6-2,7-3)8-4)21(27)30-14-15-9-11-16(12-10-15)23(28)29;2-1(3)4/h9-12,18H,5-8,13-14H2,1-4H3;/q;-1/p+1. The minimum atomic E-state index is -1.75. The van der Waals surface area contributed by atoms with Crippen LogP contribution in [0.15, 0.2) is 35.7 Å². The van der Waals surface area contributed by atoms with E-state index in [1.54, 1.807) is 6.92 Å². The van der Waals surface area contributed by atoms with Crippen molar-refractivity contribution in [2.24, 2.45) is 0 Å². The van der Waals surface area contributed by atoms with E-state index in [9.17, 15) is 24.8 Å². The quantitative estimate of drug-likeness (QED) is 0.0998. The monoisotopic (exact) mass is 482 g/mol. The summed E-state index contributed by atoms with van der Waals surface area (Å²) >= 11 is 0. The summed E-state index contributed by atoms with van der Waals surface area (Å²) in [5.41, 5.74) is 0.395. The SMILES string of the molecule is CC/C(O)=C(\C(=O)OCc1ccc([N+](=O)[O-])cc1)N1C(=O)CC1[N+](CC)(CC)CC.O=[N+]([O-])[O-]. The number of nitro groups is 1. The molecular formula is C21H30N4O9. The van der Waals surface area contributed by atoms with Crippen molar-refractivity contribution in [3.63, 3.8) is 0 Å². The second-order valence-corrected chi connectivity index (χ2v) is 7.49. The number of β-lactam (4-membered cyclic amide) rings is 1. The van der Waals surface area contributed by atoms with Crippen molar-refractivity contribution in [2.45, 2.75) is 53.3 Å². The highest BCUT2D eigenvalue weighted by atomic mass is 16.9. The summed E-state index contributed by atoms with van der Waals surface area (Å²) in [4.78, 5) is 45.2. The van der Waals surface area contributed by atoms with Gasteiger partial charge in [0.1, 0.15) is 18.8 Å². The van der Waals surface area contributed by atoms with Gasteiger partial charge in [0.05, 0.1) is 29.6 Å². The first-order valence-corrected chi connectivity index (χ1v) is 10.8. The van der Waals surface area contributed by atoms with E-state index in [-0.39, 0.29) is 42.2 Å². The number of amides is 1. The normalized spacial score (nSPS) is 15.9. The molecule has 13 heteroatoms. The summed E-state index contributed by atoms with van der Waals surface area (Å²) in [5.74, 6) is -1.20. The van der Waals surface area contributed by atoms with Crippen LogP contribution in [0.25, 0.3) is 0 Å². The molecule has 0 aromatic heterocycles. The van der Waals surface area contributed by atoms with Crippen molar-refractivity contribution >= 4 is 17.6 Å². The highest BCUT2D eigenvalue weighted by Crippen LogP contribution is 2.34. The fourth-order valence-electron chi connectivity index (χ4n) is 3.87. The second-order valence-electron chi connectivity index (χ2n) is 7.49. The lowest BCUT2D eigenvalue weighted by Gasteiger charge is -2.52. The van der Waals surface area contributed by atoms with Crippen molar-refractivity contribution in [1.29, 1.82) is 0 Å². The molecule has 1 aromatic rings. The third-order valence-electron chi connectivity index (χ3n) is 6.01. The maximum atomic E-state index is 12.9. The Kier molecular flexibility index (Phi) is 10.4. The highest BCUT2D eigenvalue weighted by Gasteiger charge is 2.52. The average molecular weight is 482 g/mol. The van der Waals surface area contributed by atoms with Crippen LogP contribution >= 0.6 is 0 Å². The fourth-order valence-corrected chi connectivity index (χ4v) is 3.87. The molecule has 0 saturated carbocycles. The molecule has 1 atom stereocenters. The van der Waals surface area contributed by atoms with Crippen LogP contribution in [0.2, 0.25) is 0 Å². The van der Waals surface area contributed by atoms with E-state index < -0.39 is 16.0 Å². The number of esters is 1. The number of hydrogen-bond acceptors (Lipinski definition) is 9. The van der Waals surface area contributed by atoms with E-state index in [1.165, 1.54) is 29.2 Å². The number of likely N-dealkylation sites (tertiary alicyclic amines) is 1. The Morgan fingerprint density at radius 3 is 1.97 bits per heavy atom. The summed E-state index contributed by atoms with van der Waals surface area (Å²) in [7, 11) is 0. The number of rotatable bonds is 10. The van der Waals surface area contributed by atoms with Gasteiger partial charge < -0.3 is 29.6 Å². The maximum absolute atomic E-state index is 12.9. The van der Waals surface area contributed by atoms with Gasteiger partial charge in [-0.2, -0.15) is 0 Å². The van der Waals surface area contributed by atoms with Gasteiger partial charge in [-0.3, -0.25) is 19.8 Å². The van der Waals surface area contributed by atoms with Gasteiger partial charge in [0.15, 0.2) is 11.9 Å². The molecule has 1 aromatic carbocycles. The molecular weight excluding hydrogens is 452 g/mol.